The van der Waals surface area contributed by atoms with Gasteiger partial charge < -0.3 is 0 Å². The Bertz CT molecular complexity index is 1630. The van der Waals surface area contributed by atoms with Crippen LogP contribution in [0.15, 0.2) is 103 Å². The second-order valence-electron chi connectivity index (χ2n) is 9.20. The van der Waals surface area contributed by atoms with Gasteiger partial charge in [-0.25, -0.2) is 4.98 Å². The van der Waals surface area contributed by atoms with E-state index in [0.717, 1.165) is 44.7 Å². The fraction of sp³-hybridized carbons (Fsp3) is 0.0968. The van der Waals surface area contributed by atoms with E-state index in [1.165, 1.54) is 11.1 Å². The second kappa shape index (κ2) is 7.13. The van der Waals surface area contributed by atoms with Gasteiger partial charge in [-0.15, -0.1) is 0 Å². The van der Waals surface area contributed by atoms with Crippen LogP contribution in [0.1, 0.15) is 45.7 Å². The van der Waals surface area contributed by atoms with E-state index in [1.807, 2.05) is 53.1 Å². The van der Waals surface area contributed by atoms with Crippen LogP contribution in [0.25, 0.3) is 27.7 Å². The number of hydrogen-bond donors (Lipinski definition) is 0. The van der Waals surface area contributed by atoms with Gasteiger partial charge in [-0.3, -0.25) is 9.36 Å². The first-order valence-electron chi connectivity index (χ1n) is 11.7. The lowest BCUT2D eigenvalue weighted by atomic mass is 9.72. The summed E-state index contributed by atoms with van der Waals surface area (Å²) in [7, 11) is 0. The highest BCUT2D eigenvalue weighted by molar-refractivity contribution is 6.08. The molecular formula is C31H22N2O. The minimum Gasteiger partial charge on any atom is -0.268 e. The molecule has 0 saturated heterocycles. The van der Waals surface area contributed by atoms with Gasteiger partial charge in [0, 0.05) is 11.1 Å². The lowest BCUT2D eigenvalue weighted by Gasteiger charge is -2.35. The highest BCUT2D eigenvalue weighted by atomic mass is 16.2. The van der Waals surface area contributed by atoms with Crippen molar-refractivity contribution in [2.75, 3.05) is 0 Å². The van der Waals surface area contributed by atoms with Crippen molar-refractivity contribution in [3.05, 3.63) is 131 Å². The van der Waals surface area contributed by atoms with Gasteiger partial charge in [0.2, 0.25) is 0 Å². The van der Waals surface area contributed by atoms with E-state index < -0.39 is 0 Å². The first kappa shape index (κ1) is 19.2. The molecule has 1 aliphatic heterocycles. The summed E-state index contributed by atoms with van der Waals surface area (Å²) in [4.78, 5) is 19.1. The number of carbonyl (C=O) groups excluding carboxylic acids is 1. The van der Waals surface area contributed by atoms with E-state index in [2.05, 4.69) is 61.5 Å². The van der Waals surface area contributed by atoms with Crippen molar-refractivity contribution in [3.63, 3.8) is 0 Å². The third-order valence-corrected chi connectivity index (χ3v) is 7.25. The number of rotatable bonds is 2. The molecule has 2 aliphatic rings. The molecule has 3 nitrogen and oxygen atoms in total. The number of hydrogen-bond acceptors (Lipinski definition) is 2. The summed E-state index contributed by atoms with van der Waals surface area (Å²) < 4.78 is 1.86. The van der Waals surface area contributed by atoms with E-state index in [0.29, 0.717) is 0 Å². The van der Waals surface area contributed by atoms with E-state index in [1.54, 1.807) is 0 Å². The van der Waals surface area contributed by atoms with Gasteiger partial charge in [0.25, 0.3) is 5.91 Å². The number of allylic oxidation sites excluding steroid dienone is 1. The molecule has 2 heterocycles. The fourth-order valence-electron chi connectivity index (χ4n) is 5.78. The Morgan fingerprint density at radius 3 is 2.12 bits per heavy atom. The maximum atomic E-state index is 13.9. The Morgan fingerprint density at radius 2 is 1.35 bits per heavy atom. The van der Waals surface area contributed by atoms with Crippen LogP contribution in [-0.2, 0) is 0 Å². The van der Waals surface area contributed by atoms with Crippen molar-refractivity contribution in [2.45, 2.75) is 12.8 Å². The van der Waals surface area contributed by atoms with Crippen LogP contribution in [0.5, 0.6) is 0 Å². The van der Waals surface area contributed by atoms with Gasteiger partial charge in [0.15, 0.2) is 0 Å². The van der Waals surface area contributed by atoms with Crippen LogP contribution in [0.3, 0.4) is 0 Å². The van der Waals surface area contributed by atoms with Gasteiger partial charge in [-0.05, 0) is 45.9 Å². The largest absolute Gasteiger partial charge is 0.268 e. The molecule has 5 aromatic rings. The summed E-state index contributed by atoms with van der Waals surface area (Å²) in [5.74, 6) is 1.09. The number of para-hydroxylation sites is 1. The molecule has 2 atom stereocenters. The SMILES string of the molecule is C[C@H]1C=C(c2ccccc2)c2cccc3c2C1c1nc2c(-c4ccccc4)cccc2n1C3=O. The number of carbonyl (C=O) groups is 1. The van der Waals surface area contributed by atoms with Gasteiger partial charge in [0.1, 0.15) is 5.82 Å². The Kier molecular flexibility index (Phi) is 4.04. The molecule has 0 amide bonds. The van der Waals surface area contributed by atoms with Crippen molar-refractivity contribution in [1.29, 1.82) is 0 Å². The minimum atomic E-state index is 0.0114. The Balaban J connectivity index is 1.50. The number of aromatic nitrogens is 2. The average Bonchev–Trinajstić information content (AvgIpc) is 3.28. The fourth-order valence-corrected chi connectivity index (χ4v) is 5.78. The van der Waals surface area contributed by atoms with Crippen molar-refractivity contribution in [3.8, 4) is 11.1 Å². The summed E-state index contributed by atoms with van der Waals surface area (Å²) in [5, 5.41) is 0. The zero-order valence-electron chi connectivity index (χ0n) is 18.8. The molecule has 34 heavy (non-hydrogen) atoms. The van der Waals surface area contributed by atoms with Crippen molar-refractivity contribution >= 4 is 22.5 Å². The lowest BCUT2D eigenvalue weighted by Crippen LogP contribution is -2.31. The molecule has 0 saturated carbocycles. The normalized spacial score (nSPS) is 18.4. The van der Waals surface area contributed by atoms with Crippen molar-refractivity contribution < 1.29 is 4.79 Å². The summed E-state index contributed by atoms with van der Waals surface area (Å²) in [6.45, 7) is 2.24. The monoisotopic (exact) mass is 438 g/mol. The molecule has 162 valence electrons. The van der Waals surface area contributed by atoms with Crippen LogP contribution in [-0.4, -0.2) is 15.5 Å². The zero-order chi connectivity index (χ0) is 22.8. The Morgan fingerprint density at radius 1 is 0.706 bits per heavy atom. The maximum Gasteiger partial charge on any atom is 0.264 e. The van der Waals surface area contributed by atoms with Crippen molar-refractivity contribution in [2.24, 2.45) is 5.92 Å². The van der Waals surface area contributed by atoms with Gasteiger partial charge in [0.05, 0.1) is 17.0 Å². The zero-order valence-corrected chi connectivity index (χ0v) is 18.8. The van der Waals surface area contributed by atoms with Crippen LogP contribution in [0.2, 0.25) is 0 Å². The third kappa shape index (κ3) is 2.58. The Hall–Kier alpha value is -4.24. The van der Waals surface area contributed by atoms with Crippen LogP contribution in [0.4, 0.5) is 0 Å². The summed E-state index contributed by atoms with van der Waals surface area (Å²) in [6, 6.07) is 33.0. The molecular weight excluding hydrogens is 416 g/mol. The second-order valence-corrected chi connectivity index (χ2v) is 9.20. The molecule has 1 aromatic heterocycles. The average molecular weight is 439 g/mol. The maximum absolute atomic E-state index is 13.9. The predicted octanol–water partition coefficient (Wildman–Crippen LogP) is 6.92. The lowest BCUT2D eigenvalue weighted by molar-refractivity contribution is 0.0951. The van der Waals surface area contributed by atoms with E-state index in [-0.39, 0.29) is 17.7 Å². The molecule has 0 N–H and O–H groups in total. The smallest absolute Gasteiger partial charge is 0.264 e. The van der Waals surface area contributed by atoms with Crippen LogP contribution in [0, 0.1) is 5.92 Å². The first-order valence-corrected chi connectivity index (χ1v) is 11.7. The number of nitrogens with zero attached hydrogens (tertiary/aromatic N) is 2. The van der Waals surface area contributed by atoms with Crippen molar-refractivity contribution in [1.82, 2.24) is 9.55 Å². The van der Waals surface area contributed by atoms with E-state index in [4.69, 9.17) is 4.98 Å². The van der Waals surface area contributed by atoms with Gasteiger partial charge in [-0.2, -0.15) is 0 Å². The molecule has 3 heteroatoms. The summed E-state index contributed by atoms with van der Waals surface area (Å²) >= 11 is 0. The highest BCUT2D eigenvalue weighted by Gasteiger charge is 2.41. The van der Waals surface area contributed by atoms with Gasteiger partial charge >= 0.3 is 0 Å². The van der Waals surface area contributed by atoms with Gasteiger partial charge in [-0.1, -0.05) is 97.9 Å². The van der Waals surface area contributed by atoms with Crippen LogP contribution >= 0.6 is 0 Å². The molecule has 0 spiro atoms. The third-order valence-electron chi connectivity index (χ3n) is 7.25. The number of fused-ring (bicyclic) bond motifs is 4. The topological polar surface area (TPSA) is 34.9 Å². The standard InChI is InChI=1S/C31H22N2O/c1-19-18-25(21-12-6-3-7-13-21)23-15-8-16-24-28(23)27(19)30-32-29-22(20-10-4-2-5-11-20)14-9-17-26(29)33(30)31(24)34/h2-19,27H,1H3/t19-,27?/m0/s1. The molecule has 4 aromatic carbocycles. The molecule has 1 unspecified atom stereocenters. The minimum absolute atomic E-state index is 0.0114. The number of imidazole rings is 1. The molecule has 0 fully saturated rings. The summed E-state index contributed by atoms with van der Waals surface area (Å²) in [6.07, 6.45) is 2.35. The van der Waals surface area contributed by atoms with Crippen LogP contribution < -0.4 is 0 Å². The highest BCUT2D eigenvalue weighted by Crippen LogP contribution is 2.48. The molecule has 0 bridgehead atoms. The molecule has 0 radical (unpaired) electrons. The molecule has 7 rings (SSSR count). The summed E-state index contributed by atoms with van der Waals surface area (Å²) in [5.41, 5.74) is 9.35. The van der Waals surface area contributed by atoms with E-state index in [9.17, 15) is 4.79 Å². The quantitative estimate of drug-likeness (QED) is 0.300. The first-order chi connectivity index (χ1) is 16.7. The molecule has 1 aliphatic carbocycles. The van der Waals surface area contributed by atoms with E-state index >= 15 is 0 Å². The Labute approximate surface area is 198 Å². The number of benzene rings is 4. The predicted molar refractivity (Wildman–Crippen MR) is 136 cm³/mol.